The van der Waals surface area contributed by atoms with Crippen LogP contribution < -0.4 is 5.32 Å². The van der Waals surface area contributed by atoms with Gasteiger partial charge in [0.15, 0.2) is 5.96 Å². The van der Waals surface area contributed by atoms with Crippen LogP contribution in [0.1, 0.15) is 17.4 Å². The summed E-state index contributed by atoms with van der Waals surface area (Å²) < 4.78 is 9.54. The Balaban J connectivity index is 1.63. The van der Waals surface area contributed by atoms with Gasteiger partial charge in [0.1, 0.15) is 6.10 Å². The van der Waals surface area contributed by atoms with E-state index in [0.29, 0.717) is 13.2 Å². The number of hydrogen-bond acceptors (Lipinski definition) is 4. The Morgan fingerprint density at radius 3 is 2.96 bits per heavy atom. The predicted octanol–water partition coefficient (Wildman–Crippen LogP) is 0.303. The molecule has 8 heteroatoms. The molecule has 23 heavy (non-hydrogen) atoms. The second-order valence-corrected chi connectivity index (χ2v) is 5.60. The van der Waals surface area contributed by atoms with Crippen molar-refractivity contribution in [1.29, 1.82) is 0 Å². The number of guanidine groups is 1. The predicted molar refractivity (Wildman–Crippen MR) is 86.9 cm³/mol. The molecule has 0 bridgehead atoms. The minimum atomic E-state index is 0.0210. The van der Waals surface area contributed by atoms with Gasteiger partial charge < -0.3 is 15.0 Å². The highest BCUT2D eigenvalue weighted by molar-refractivity contribution is 5.80. The minimum Gasteiger partial charge on any atom is -0.370 e. The smallest absolute Gasteiger partial charge is 0.194 e. The molecule has 1 atom stereocenters. The van der Waals surface area contributed by atoms with Crippen molar-refractivity contribution in [1.82, 2.24) is 29.8 Å². The fourth-order valence-electron chi connectivity index (χ4n) is 2.73. The molecule has 1 aliphatic rings. The standard InChI is InChI=1S/C15H23N7O/c1-16-15(17-9-13-4-5-18-21(13)3)22-6-7-23-14(11-22)12-8-19-20(2)10-12/h4-5,8,10,14H,6-7,9,11H2,1-3H3,(H,16,17). The van der Waals surface area contributed by atoms with Crippen LogP contribution in [0.5, 0.6) is 0 Å². The Kier molecular flexibility index (Phi) is 4.61. The largest absolute Gasteiger partial charge is 0.370 e. The van der Waals surface area contributed by atoms with E-state index in [-0.39, 0.29) is 6.10 Å². The van der Waals surface area contributed by atoms with Gasteiger partial charge >= 0.3 is 0 Å². The van der Waals surface area contributed by atoms with Crippen LogP contribution in [-0.4, -0.2) is 57.2 Å². The van der Waals surface area contributed by atoms with Gasteiger partial charge in [-0.25, -0.2) is 0 Å². The van der Waals surface area contributed by atoms with Gasteiger partial charge in [0.25, 0.3) is 0 Å². The second kappa shape index (κ2) is 6.82. The number of nitrogens with zero attached hydrogens (tertiary/aromatic N) is 6. The highest BCUT2D eigenvalue weighted by Gasteiger charge is 2.25. The summed E-state index contributed by atoms with van der Waals surface area (Å²) in [6.07, 6.45) is 5.68. The number of aliphatic imine (C=N–C) groups is 1. The molecule has 8 nitrogen and oxygen atoms in total. The molecule has 1 fully saturated rings. The molecule has 0 aromatic carbocycles. The van der Waals surface area contributed by atoms with E-state index < -0.39 is 0 Å². The molecule has 2 aromatic rings. The molecule has 2 aromatic heterocycles. The SMILES string of the molecule is CN=C(NCc1ccnn1C)N1CCOC(c2cnn(C)c2)C1. The zero-order valence-electron chi connectivity index (χ0n) is 13.8. The molecule has 124 valence electrons. The molecule has 1 unspecified atom stereocenters. The number of aryl methyl sites for hydroxylation is 2. The van der Waals surface area contributed by atoms with Crippen molar-refractivity contribution < 1.29 is 4.74 Å². The molecule has 0 spiro atoms. The first-order chi connectivity index (χ1) is 11.2. The lowest BCUT2D eigenvalue weighted by Gasteiger charge is -2.34. The van der Waals surface area contributed by atoms with Crippen LogP contribution in [0.2, 0.25) is 0 Å². The Hall–Kier alpha value is -2.35. The third-order valence-electron chi connectivity index (χ3n) is 4.02. The Labute approximate surface area is 135 Å². The van der Waals surface area contributed by atoms with Gasteiger partial charge in [-0.1, -0.05) is 0 Å². The fourth-order valence-corrected chi connectivity index (χ4v) is 2.73. The molecule has 0 aliphatic carbocycles. The monoisotopic (exact) mass is 317 g/mol. The first-order valence-electron chi connectivity index (χ1n) is 7.70. The molecule has 3 heterocycles. The van der Waals surface area contributed by atoms with Crippen LogP contribution in [0.25, 0.3) is 0 Å². The van der Waals surface area contributed by atoms with Gasteiger partial charge in [-0.3, -0.25) is 14.4 Å². The quantitative estimate of drug-likeness (QED) is 0.651. The topological polar surface area (TPSA) is 72.5 Å². The van der Waals surface area contributed by atoms with E-state index in [1.54, 1.807) is 17.9 Å². The summed E-state index contributed by atoms with van der Waals surface area (Å²) >= 11 is 0. The number of aromatic nitrogens is 4. The molecule has 0 saturated carbocycles. The van der Waals surface area contributed by atoms with Crippen molar-refractivity contribution in [3.63, 3.8) is 0 Å². The Morgan fingerprint density at radius 2 is 2.30 bits per heavy atom. The lowest BCUT2D eigenvalue weighted by molar-refractivity contribution is -0.00806. The third-order valence-corrected chi connectivity index (χ3v) is 4.02. The van der Waals surface area contributed by atoms with Crippen molar-refractivity contribution >= 4 is 5.96 Å². The van der Waals surface area contributed by atoms with Gasteiger partial charge in [-0.15, -0.1) is 0 Å². The maximum atomic E-state index is 5.88. The summed E-state index contributed by atoms with van der Waals surface area (Å²) in [6.45, 7) is 2.95. The number of rotatable bonds is 3. The first kappa shape index (κ1) is 15.5. The van der Waals surface area contributed by atoms with Gasteiger partial charge in [-0.2, -0.15) is 10.2 Å². The molecule has 0 radical (unpaired) electrons. The van der Waals surface area contributed by atoms with E-state index in [9.17, 15) is 0 Å². The molecular weight excluding hydrogens is 294 g/mol. The van der Waals surface area contributed by atoms with Gasteiger partial charge in [-0.05, 0) is 6.07 Å². The third kappa shape index (κ3) is 3.53. The summed E-state index contributed by atoms with van der Waals surface area (Å²) in [7, 11) is 5.66. The lowest BCUT2D eigenvalue weighted by Crippen LogP contribution is -2.48. The number of ether oxygens (including phenoxy) is 1. The first-order valence-corrected chi connectivity index (χ1v) is 7.70. The summed E-state index contributed by atoms with van der Waals surface area (Å²) in [4.78, 5) is 6.62. The normalized spacial score (nSPS) is 19.2. The van der Waals surface area contributed by atoms with Crippen molar-refractivity contribution in [2.45, 2.75) is 12.6 Å². The fraction of sp³-hybridized carbons (Fsp3) is 0.533. The summed E-state index contributed by atoms with van der Waals surface area (Å²) in [5, 5.41) is 11.8. The van der Waals surface area contributed by atoms with Gasteiger partial charge in [0.05, 0.1) is 31.6 Å². The van der Waals surface area contributed by atoms with Crippen LogP contribution in [0.3, 0.4) is 0 Å². The number of morpholine rings is 1. The van der Waals surface area contributed by atoms with Crippen LogP contribution >= 0.6 is 0 Å². The van der Waals surface area contributed by atoms with Crippen molar-refractivity contribution in [2.24, 2.45) is 19.1 Å². The van der Waals surface area contributed by atoms with Crippen molar-refractivity contribution in [2.75, 3.05) is 26.7 Å². The zero-order chi connectivity index (χ0) is 16.2. The second-order valence-electron chi connectivity index (χ2n) is 5.60. The highest BCUT2D eigenvalue weighted by atomic mass is 16.5. The van der Waals surface area contributed by atoms with E-state index in [0.717, 1.165) is 30.3 Å². The number of hydrogen-bond donors (Lipinski definition) is 1. The van der Waals surface area contributed by atoms with E-state index in [2.05, 4.69) is 25.4 Å². The van der Waals surface area contributed by atoms with Crippen LogP contribution in [0.15, 0.2) is 29.6 Å². The molecule has 3 rings (SSSR count). The summed E-state index contributed by atoms with van der Waals surface area (Å²) in [5.74, 6) is 0.878. The Morgan fingerprint density at radius 1 is 1.43 bits per heavy atom. The van der Waals surface area contributed by atoms with Crippen molar-refractivity contribution in [3.8, 4) is 0 Å². The molecule has 1 saturated heterocycles. The van der Waals surface area contributed by atoms with Crippen LogP contribution in [-0.2, 0) is 25.4 Å². The van der Waals surface area contributed by atoms with Crippen LogP contribution in [0, 0.1) is 0 Å². The molecule has 0 amide bonds. The summed E-state index contributed by atoms with van der Waals surface area (Å²) in [5.41, 5.74) is 2.21. The van der Waals surface area contributed by atoms with E-state index in [1.807, 2.05) is 37.2 Å². The highest BCUT2D eigenvalue weighted by Crippen LogP contribution is 2.21. The lowest BCUT2D eigenvalue weighted by atomic mass is 10.1. The van der Waals surface area contributed by atoms with E-state index in [4.69, 9.17) is 4.74 Å². The van der Waals surface area contributed by atoms with Crippen LogP contribution in [0.4, 0.5) is 0 Å². The van der Waals surface area contributed by atoms with Gasteiger partial charge in [0.2, 0.25) is 0 Å². The molecular formula is C15H23N7O. The zero-order valence-corrected chi connectivity index (χ0v) is 13.8. The Bertz CT molecular complexity index is 675. The van der Waals surface area contributed by atoms with Crippen molar-refractivity contribution in [3.05, 3.63) is 35.9 Å². The van der Waals surface area contributed by atoms with E-state index in [1.165, 1.54) is 0 Å². The molecule has 1 N–H and O–H groups in total. The maximum Gasteiger partial charge on any atom is 0.194 e. The minimum absolute atomic E-state index is 0.0210. The maximum absolute atomic E-state index is 5.88. The summed E-state index contributed by atoms with van der Waals surface area (Å²) in [6, 6.07) is 2.00. The number of nitrogens with one attached hydrogen (secondary N) is 1. The molecule has 1 aliphatic heterocycles. The average Bonchev–Trinajstić information content (AvgIpc) is 3.17. The van der Waals surface area contributed by atoms with E-state index >= 15 is 0 Å². The van der Waals surface area contributed by atoms with Gasteiger partial charge in [0, 0.05) is 45.6 Å². The average molecular weight is 317 g/mol.